The van der Waals surface area contributed by atoms with E-state index in [4.69, 9.17) is 9.47 Å². The van der Waals surface area contributed by atoms with Gasteiger partial charge in [0.1, 0.15) is 12.4 Å². The van der Waals surface area contributed by atoms with Crippen LogP contribution in [0.3, 0.4) is 0 Å². The molecule has 5 rings (SSSR count). The van der Waals surface area contributed by atoms with Crippen LogP contribution in [0.15, 0.2) is 66.7 Å². The summed E-state index contributed by atoms with van der Waals surface area (Å²) in [6, 6.07) is 18.3. The normalized spacial score (nSPS) is 11.7. The van der Waals surface area contributed by atoms with Gasteiger partial charge in [-0.2, -0.15) is 9.78 Å². The van der Waals surface area contributed by atoms with Gasteiger partial charge in [0.15, 0.2) is 0 Å². The van der Waals surface area contributed by atoms with Crippen LogP contribution in [0, 0.1) is 19.7 Å². The molecule has 0 saturated heterocycles. The first-order valence-electron chi connectivity index (χ1n) is 13.6. The van der Waals surface area contributed by atoms with E-state index in [2.05, 4.69) is 23.5 Å². The summed E-state index contributed by atoms with van der Waals surface area (Å²) in [5.41, 5.74) is 6.01. The molecule has 0 aliphatic rings. The molecule has 7 nitrogen and oxygen atoms in total. The van der Waals surface area contributed by atoms with E-state index in [0.29, 0.717) is 16.8 Å². The number of carbonyl (C=O) groups is 2. The molecule has 0 fully saturated rings. The Morgan fingerprint density at radius 3 is 2.39 bits per heavy atom. The highest BCUT2D eigenvalue weighted by Crippen LogP contribution is 2.38. The van der Waals surface area contributed by atoms with E-state index in [9.17, 15) is 14.0 Å². The molecule has 0 radical (unpaired) electrons. The molecule has 2 heterocycles. The topological polar surface area (TPSA) is 75.4 Å². The summed E-state index contributed by atoms with van der Waals surface area (Å²) in [7, 11) is 0. The molecule has 0 aliphatic heterocycles. The number of fused-ring (bicyclic) bond motifs is 2. The third kappa shape index (κ3) is 5.37. The fourth-order valence-electron chi connectivity index (χ4n) is 5.14. The summed E-state index contributed by atoms with van der Waals surface area (Å²) in [6.45, 7) is 9.84. The lowest BCUT2D eigenvalue weighted by Gasteiger charge is -2.15. The lowest BCUT2D eigenvalue weighted by molar-refractivity contribution is -0.137. The molecular weight excluding hydrogens is 521 g/mol. The zero-order valence-electron chi connectivity index (χ0n) is 23.8. The van der Waals surface area contributed by atoms with Crippen LogP contribution in [0.4, 0.5) is 9.18 Å². The summed E-state index contributed by atoms with van der Waals surface area (Å²) >= 11 is 0. The summed E-state index contributed by atoms with van der Waals surface area (Å²) in [5.74, 6) is -0.703. The average molecular weight is 554 g/mol. The van der Waals surface area contributed by atoms with Gasteiger partial charge in [0.25, 0.3) is 0 Å². The molecule has 0 N–H and O–H groups in total. The van der Waals surface area contributed by atoms with Gasteiger partial charge in [-0.3, -0.25) is 0 Å². The van der Waals surface area contributed by atoms with Gasteiger partial charge >= 0.3 is 12.1 Å². The van der Waals surface area contributed by atoms with Crippen LogP contribution < -0.4 is 0 Å². The molecule has 41 heavy (non-hydrogen) atoms. The lowest BCUT2D eigenvalue weighted by Crippen LogP contribution is -2.15. The summed E-state index contributed by atoms with van der Waals surface area (Å²) in [5, 5.41) is 6.10. The van der Waals surface area contributed by atoms with Crippen LogP contribution in [0.25, 0.3) is 33.6 Å². The first kappa shape index (κ1) is 27.8. The van der Waals surface area contributed by atoms with Crippen LogP contribution in [0.5, 0.6) is 0 Å². The molecule has 5 aromatic rings. The van der Waals surface area contributed by atoms with Gasteiger partial charge in [-0.05, 0) is 74.2 Å². The van der Waals surface area contributed by atoms with Crippen molar-refractivity contribution in [3.05, 3.63) is 101 Å². The maximum atomic E-state index is 14.3. The molecule has 0 saturated carbocycles. The molecule has 2 aromatic heterocycles. The van der Waals surface area contributed by atoms with Gasteiger partial charge in [-0.15, -0.1) is 0 Å². The van der Waals surface area contributed by atoms with E-state index in [1.54, 1.807) is 32.1 Å². The Hall–Kier alpha value is -4.72. The van der Waals surface area contributed by atoms with Crippen molar-refractivity contribution in [1.82, 2.24) is 14.3 Å². The molecule has 0 atom stereocenters. The SMILES string of the molecule is CCOC(=O)/C=C/c1c(C(C)C)n(-c2ccc(F)c(C)c2)c2cc3c(C)nn(C(=O)OCc4ccccc4)c3cc12. The van der Waals surface area contributed by atoms with E-state index in [1.807, 2.05) is 49.4 Å². The number of aryl methyl sites for hydroxylation is 2. The Balaban J connectivity index is 1.73. The second kappa shape index (κ2) is 11.4. The molecular formula is C33H32FN3O4. The zero-order chi connectivity index (χ0) is 29.3. The lowest BCUT2D eigenvalue weighted by atomic mass is 10.0. The molecule has 0 aliphatic carbocycles. The number of aromatic nitrogens is 3. The number of rotatable bonds is 7. The van der Waals surface area contributed by atoms with E-state index < -0.39 is 12.1 Å². The van der Waals surface area contributed by atoms with Crippen molar-refractivity contribution < 1.29 is 23.5 Å². The minimum absolute atomic E-state index is 0.0335. The standard InChI is InChI=1S/C33H32FN3O4/c1-6-40-31(38)15-13-25-27-18-30-26(22(5)35-37(30)33(39)41-19-23-10-8-7-9-11-23)17-29(27)36(32(25)20(2)3)24-12-14-28(34)21(4)16-24/h7-18,20H,6,19H2,1-5H3/b15-13+. The Labute approximate surface area is 237 Å². The fraction of sp³-hybridized carbons (Fsp3) is 0.242. The number of nitrogens with zero attached hydrogens (tertiary/aromatic N) is 3. The number of esters is 1. The number of hydrogen-bond donors (Lipinski definition) is 0. The monoisotopic (exact) mass is 553 g/mol. The van der Waals surface area contributed by atoms with Gasteiger partial charge in [-0.1, -0.05) is 44.2 Å². The zero-order valence-corrected chi connectivity index (χ0v) is 23.8. The molecule has 8 heteroatoms. The van der Waals surface area contributed by atoms with Crippen molar-refractivity contribution in [3.63, 3.8) is 0 Å². The Morgan fingerprint density at radius 2 is 1.71 bits per heavy atom. The van der Waals surface area contributed by atoms with Crippen molar-refractivity contribution in [2.45, 2.75) is 47.1 Å². The third-order valence-corrected chi connectivity index (χ3v) is 7.03. The predicted octanol–water partition coefficient (Wildman–Crippen LogP) is 7.62. The number of hydrogen-bond acceptors (Lipinski definition) is 5. The largest absolute Gasteiger partial charge is 0.463 e. The van der Waals surface area contributed by atoms with Gasteiger partial charge in [0.2, 0.25) is 0 Å². The fourth-order valence-corrected chi connectivity index (χ4v) is 5.14. The third-order valence-electron chi connectivity index (χ3n) is 7.03. The molecule has 210 valence electrons. The smallest absolute Gasteiger partial charge is 0.435 e. The van der Waals surface area contributed by atoms with Crippen molar-refractivity contribution in [1.29, 1.82) is 0 Å². The maximum Gasteiger partial charge on any atom is 0.435 e. The van der Waals surface area contributed by atoms with Gasteiger partial charge in [0.05, 0.1) is 23.3 Å². The molecule has 0 spiro atoms. The Bertz CT molecular complexity index is 1800. The molecule has 0 bridgehead atoms. The highest BCUT2D eigenvalue weighted by Gasteiger charge is 2.24. The molecule has 0 unspecified atom stereocenters. The predicted molar refractivity (Wildman–Crippen MR) is 158 cm³/mol. The highest BCUT2D eigenvalue weighted by atomic mass is 19.1. The first-order valence-corrected chi connectivity index (χ1v) is 13.6. The van der Waals surface area contributed by atoms with Crippen LogP contribution >= 0.6 is 0 Å². The number of halogens is 1. The highest BCUT2D eigenvalue weighted by molar-refractivity contribution is 6.05. The minimum Gasteiger partial charge on any atom is -0.463 e. The van der Waals surface area contributed by atoms with Gasteiger partial charge in [-0.25, -0.2) is 14.0 Å². The Morgan fingerprint density at radius 1 is 0.976 bits per heavy atom. The summed E-state index contributed by atoms with van der Waals surface area (Å²) in [4.78, 5) is 25.5. The van der Waals surface area contributed by atoms with E-state index in [-0.39, 0.29) is 24.9 Å². The quantitative estimate of drug-likeness (QED) is 0.153. The van der Waals surface area contributed by atoms with Crippen molar-refractivity contribution in [2.24, 2.45) is 0 Å². The number of ether oxygens (including phenoxy) is 2. The summed E-state index contributed by atoms with van der Waals surface area (Å²) < 4.78 is 28.3. The molecule has 3 aromatic carbocycles. The van der Waals surface area contributed by atoms with Gasteiger partial charge < -0.3 is 14.0 Å². The van der Waals surface area contributed by atoms with Gasteiger partial charge in [0, 0.05) is 33.8 Å². The van der Waals surface area contributed by atoms with Crippen LogP contribution in [-0.4, -0.2) is 33.0 Å². The maximum absolute atomic E-state index is 14.3. The number of carbonyl (C=O) groups excluding carboxylic acids is 2. The van der Waals surface area contributed by atoms with E-state index >= 15 is 0 Å². The van der Waals surface area contributed by atoms with Crippen LogP contribution in [0.1, 0.15) is 54.8 Å². The van der Waals surface area contributed by atoms with Crippen molar-refractivity contribution in [3.8, 4) is 5.69 Å². The van der Waals surface area contributed by atoms with E-state index in [0.717, 1.165) is 38.8 Å². The van der Waals surface area contributed by atoms with Crippen molar-refractivity contribution in [2.75, 3.05) is 6.61 Å². The molecule has 0 amide bonds. The number of benzene rings is 3. The van der Waals surface area contributed by atoms with E-state index in [1.165, 1.54) is 16.8 Å². The first-order chi connectivity index (χ1) is 19.7. The van der Waals surface area contributed by atoms with Crippen LogP contribution in [-0.2, 0) is 20.9 Å². The summed E-state index contributed by atoms with van der Waals surface area (Å²) in [6.07, 6.45) is 2.56. The Kier molecular flexibility index (Phi) is 7.75. The van der Waals surface area contributed by atoms with Crippen LogP contribution in [0.2, 0.25) is 0 Å². The average Bonchev–Trinajstić information content (AvgIpc) is 3.46. The second-order valence-electron chi connectivity index (χ2n) is 10.2. The second-order valence-corrected chi connectivity index (χ2v) is 10.2. The van der Waals surface area contributed by atoms with Crippen molar-refractivity contribution >= 4 is 39.9 Å². The minimum atomic E-state index is -0.590.